The Bertz CT molecular complexity index is 980. The fourth-order valence-electron chi connectivity index (χ4n) is 3.90. The molecule has 0 radical (unpaired) electrons. The first-order valence-electron chi connectivity index (χ1n) is 10.2. The van der Waals surface area contributed by atoms with E-state index >= 15 is 0 Å². The summed E-state index contributed by atoms with van der Waals surface area (Å²) < 4.78 is 5.17. The van der Waals surface area contributed by atoms with Crippen molar-refractivity contribution < 1.29 is 9.32 Å². The third kappa shape index (κ3) is 4.93. The zero-order valence-corrected chi connectivity index (χ0v) is 16.9. The second kappa shape index (κ2) is 9.05. The highest BCUT2D eigenvalue weighted by Crippen LogP contribution is 2.24. The number of fused-ring (bicyclic) bond motifs is 1. The van der Waals surface area contributed by atoms with Gasteiger partial charge in [-0.3, -0.25) is 9.69 Å². The monoisotopic (exact) mass is 389 g/mol. The molecular weight excluding hydrogens is 362 g/mol. The number of nitrogens with zero attached hydrogens (tertiary/aromatic N) is 2. The van der Waals surface area contributed by atoms with Gasteiger partial charge >= 0.3 is 0 Å². The van der Waals surface area contributed by atoms with E-state index in [1.165, 1.54) is 16.7 Å². The molecule has 2 heterocycles. The summed E-state index contributed by atoms with van der Waals surface area (Å²) in [6.07, 6.45) is 3.79. The van der Waals surface area contributed by atoms with Crippen LogP contribution < -0.4 is 5.32 Å². The number of hydrogen-bond donors (Lipinski definition) is 1. The molecule has 1 aliphatic heterocycles. The number of benzene rings is 2. The molecule has 0 saturated carbocycles. The number of carbonyl (C=O) groups is 1. The van der Waals surface area contributed by atoms with Crippen LogP contribution in [0.15, 0.2) is 59.3 Å². The number of rotatable bonds is 7. The average molecular weight is 389 g/mol. The van der Waals surface area contributed by atoms with E-state index in [1.54, 1.807) is 6.26 Å². The molecule has 0 aliphatic carbocycles. The Hall–Kier alpha value is -2.92. The van der Waals surface area contributed by atoms with Crippen LogP contribution in [0.4, 0.5) is 0 Å². The van der Waals surface area contributed by atoms with Gasteiger partial charge in [-0.05, 0) is 37.0 Å². The molecule has 150 valence electrons. The van der Waals surface area contributed by atoms with Crippen LogP contribution in [0.5, 0.6) is 0 Å². The molecule has 1 N–H and O–H groups in total. The Balaban J connectivity index is 1.23. The molecule has 29 heavy (non-hydrogen) atoms. The summed E-state index contributed by atoms with van der Waals surface area (Å²) >= 11 is 0. The molecule has 2 aromatic carbocycles. The number of amides is 1. The third-order valence-corrected chi connectivity index (χ3v) is 5.52. The number of carbonyl (C=O) groups excluding carboxylic acids is 1. The van der Waals surface area contributed by atoms with Gasteiger partial charge < -0.3 is 9.84 Å². The fraction of sp³-hybridized carbons (Fsp3) is 0.333. The molecule has 0 fully saturated rings. The highest BCUT2D eigenvalue weighted by molar-refractivity contribution is 5.76. The predicted molar refractivity (Wildman–Crippen MR) is 113 cm³/mol. The molecule has 3 aromatic rings. The molecule has 0 unspecified atom stereocenters. The van der Waals surface area contributed by atoms with Crippen LogP contribution in [-0.4, -0.2) is 35.6 Å². The van der Waals surface area contributed by atoms with Gasteiger partial charge in [0.05, 0.1) is 0 Å². The molecule has 1 amide bonds. The molecule has 1 aromatic heterocycles. The minimum Gasteiger partial charge on any atom is -0.364 e. The quantitative estimate of drug-likeness (QED) is 0.668. The second-order valence-corrected chi connectivity index (χ2v) is 7.70. The Morgan fingerprint density at radius 2 is 2.03 bits per heavy atom. The van der Waals surface area contributed by atoms with Crippen molar-refractivity contribution in [3.63, 3.8) is 0 Å². The van der Waals surface area contributed by atoms with E-state index in [0.717, 1.165) is 42.9 Å². The maximum Gasteiger partial charge on any atom is 0.220 e. The van der Waals surface area contributed by atoms with E-state index in [2.05, 4.69) is 58.7 Å². The first-order chi connectivity index (χ1) is 14.2. The highest BCUT2D eigenvalue weighted by atomic mass is 16.5. The zero-order valence-electron chi connectivity index (χ0n) is 16.9. The summed E-state index contributed by atoms with van der Waals surface area (Å²) in [6.45, 7) is 5.62. The Kier molecular flexibility index (Phi) is 6.06. The molecule has 1 aliphatic rings. The van der Waals surface area contributed by atoms with E-state index in [0.29, 0.717) is 19.4 Å². The van der Waals surface area contributed by atoms with Gasteiger partial charge in [0.15, 0.2) is 0 Å². The van der Waals surface area contributed by atoms with Crippen LogP contribution in [0.2, 0.25) is 0 Å². The normalized spacial score (nSPS) is 13.8. The summed E-state index contributed by atoms with van der Waals surface area (Å²) in [7, 11) is 0. The minimum atomic E-state index is 0.0683. The summed E-state index contributed by atoms with van der Waals surface area (Å²) in [5, 5.41) is 7.19. The molecule has 0 atom stereocenters. The van der Waals surface area contributed by atoms with Crippen molar-refractivity contribution in [2.45, 2.75) is 32.7 Å². The molecule has 0 saturated heterocycles. The smallest absolute Gasteiger partial charge is 0.220 e. The number of aryl methyl sites for hydroxylation is 2. The minimum absolute atomic E-state index is 0.0683. The Morgan fingerprint density at radius 3 is 2.90 bits per heavy atom. The van der Waals surface area contributed by atoms with Crippen molar-refractivity contribution in [3.8, 4) is 11.3 Å². The Morgan fingerprint density at radius 1 is 1.17 bits per heavy atom. The van der Waals surface area contributed by atoms with Gasteiger partial charge in [0.25, 0.3) is 0 Å². The molecule has 5 nitrogen and oxygen atoms in total. The van der Waals surface area contributed by atoms with Crippen LogP contribution >= 0.6 is 0 Å². The second-order valence-electron chi connectivity index (χ2n) is 7.70. The molecule has 0 spiro atoms. The third-order valence-electron chi connectivity index (χ3n) is 5.52. The standard InChI is InChI=1S/C24H27N3O2/c1-18-5-4-8-20(15-18)24-22(17-29-26-24)9-10-23(28)25-12-14-27-13-11-19-6-2-3-7-21(19)16-27/h2-8,15,17H,9-14,16H2,1H3,(H,25,28). The summed E-state index contributed by atoms with van der Waals surface area (Å²) in [5.74, 6) is 0.0683. The number of nitrogens with one attached hydrogen (secondary N) is 1. The lowest BCUT2D eigenvalue weighted by Gasteiger charge is -2.28. The van der Waals surface area contributed by atoms with Crippen LogP contribution in [0, 0.1) is 6.92 Å². The van der Waals surface area contributed by atoms with Gasteiger partial charge in [-0.2, -0.15) is 0 Å². The maximum atomic E-state index is 12.3. The molecule has 4 rings (SSSR count). The van der Waals surface area contributed by atoms with E-state index in [9.17, 15) is 4.79 Å². The van der Waals surface area contributed by atoms with Crippen LogP contribution in [0.3, 0.4) is 0 Å². The van der Waals surface area contributed by atoms with E-state index in [4.69, 9.17) is 4.52 Å². The van der Waals surface area contributed by atoms with Gasteiger partial charge in [-0.15, -0.1) is 0 Å². The predicted octanol–water partition coefficient (Wildman–Crippen LogP) is 3.76. The number of hydrogen-bond acceptors (Lipinski definition) is 4. The van der Waals surface area contributed by atoms with E-state index in [-0.39, 0.29) is 5.91 Å². The lowest BCUT2D eigenvalue weighted by molar-refractivity contribution is -0.121. The van der Waals surface area contributed by atoms with Crippen LogP contribution in [0.1, 0.15) is 28.7 Å². The maximum absolute atomic E-state index is 12.3. The van der Waals surface area contributed by atoms with Crippen LogP contribution in [-0.2, 0) is 24.2 Å². The summed E-state index contributed by atoms with van der Waals surface area (Å²) in [4.78, 5) is 14.7. The van der Waals surface area contributed by atoms with Crippen molar-refractivity contribution in [2.75, 3.05) is 19.6 Å². The van der Waals surface area contributed by atoms with Gasteiger partial charge in [0, 0.05) is 43.7 Å². The Labute approximate surface area is 171 Å². The molecule has 0 bridgehead atoms. The molecular formula is C24H27N3O2. The van der Waals surface area contributed by atoms with Crippen molar-refractivity contribution in [2.24, 2.45) is 0 Å². The van der Waals surface area contributed by atoms with Crippen molar-refractivity contribution in [3.05, 3.63) is 77.0 Å². The van der Waals surface area contributed by atoms with Crippen molar-refractivity contribution in [1.82, 2.24) is 15.4 Å². The summed E-state index contributed by atoms with van der Waals surface area (Å²) in [5.41, 5.74) is 6.85. The number of aromatic nitrogens is 1. The lowest BCUT2D eigenvalue weighted by Crippen LogP contribution is -2.37. The summed E-state index contributed by atoms with van der Waals surface area (Å²) in [6, 6.07) is 16.8. The fourth-order valence-corrected chi connectivity index (χ4v) is 3.90. The van der Waals surface area contributed by atoms with Crippen LogP contribution in [0.25, 0.3) is 11.3 Å². The first-order valence-corrected chi connectivity index (χ1v) is 10.2. The zero-order chi connectivity index (χ0) is 20.1. The van der Waals surface area contributed by atoms with Crippen molar-refractivity contribution >= 4 is 5.91 Å². The van der Waals surface area contributed by atoms with E-state index in [1.807, 2.05) is 12.1 Å². The van der Waals surface area contributed by atoms with Gasteiger partial charge in [-0.1, -0.05) is 53.2 Å². The molecule has 5 heteroatoms. The SMILES string of the molecule is Cc1cccc(-c2nocc2CCC(=O)NCCN2CCc3ccccc3C2)c1. The average Bonchev–Trinajstić information content (AvgIpc) is 3.21. The van der Waals surface area contributed by atoms with Crippen molar-refractivity contribution in [1.29, 1.82) is 0 Å². The van der Waals surface area contributed by atoms with Gasteiger partial charge in [-0.25, -0.2) is 0 Å². The highest BCUT2D eigenvalue weighted by Gasteiger charge is 2.16. The first kappa shape index (κ1) is 19.4. The lowest BCUT2D eigenvalue weighted by atomic mass is 10.00. The topological polar surface area (TPSA) is 58.4 Å². The van der Waals surface area contributed by atoms with Gasteiger partial charge in [0.2, 0.25) is 5.91 Å². The van der Waals surface area contributed by atoms with E-state index < -0.39 is 0 Å². The van der Waals surface area contributed by atoms with Gasteiger partial charge in [0.1, 0.15) is 12.0 Å². The largest absolute Gasteiger partial charge is 0.364 e.